The Morgan fingerprint density at radius 2 is 1.29 bits per heavy atom. The van der Waals surface area contributed by atoms with E-state index >= 15 is 0 Å². The van der Waals surface area contributed by atoms with Crippen LogP contribution < -0.4 is 29.6 Å². The van der Waals surface area contributed by atoms with Crippen LogP contribution in [-0.4, -0.2) is 9.52 Å². The maximum absolute atomic E-state index is 6.75. The molecule has 3 nitrogen and oxygen atoms in total. The van der Waals surface area contributed by atoms with Crippen LogP contribution in [0.4, 0.5) is 0 Å². The van der Waals surface area contributed by atoms with Gasteiger partial charge in [-0.05, 0) is 0 Å². The molecule has 0 saturated heterocycles. The molecule has 5 heteroatoms. The SMILES string of the molecule is C[SiH-]C.[N-]=[N+]=[N-].[Na+]. The van der Waals surface area contributed by atoms with Gasteiger partial charge < -0.3 is 11.1 Å². The van der Waals surface area contributed by atoms with Crippen molar-refractivity contribution < 1.29 is 29.6 Å². The van der Waals surface area contributed by atoms with Crippen molar-refractivity contribution in [3.05, 3.63) is 16.0 Å². The van der Waals surface area contributed by atoms with Gasteiger partial charge in [-0.1, -0.05) is 0 Å². The van der Waals surface area contributed by atoms with E-state index < -0.39 is 0 Å². The quantitative estimate of drug-likeness (QED) is 0.161. The second-order valence-electron chi connectivity index (χ2n) is 0.667. The van der Waals surface area contributed by atoms with Crippen molar-refractivity contribution in [2.24, 2.45) is 0 Å². The molecule has 0 N–H and O–H groups in total. The van der Waals surface area contributed by atoms with Gasteiger partial charge in [0.05, 0.1) is 0 Å². The molecule has 0 radical (unpaired) electrons. The molecule has 0 spiro atoms. The van der Waals surface area contributed by atoms with E-state index in [-0.39, 0.29) is 29.6 Å². The van der Waals surface area contributed by atoms with Crippen molar-refractivity contribution in [3.8, 4) is 0 Å². The molecule has 0 aliphatic carbocycles. The van der Waals surface area contributed by atoms with Gasteiger partial charge in [0.15, 0.2) is 0 Å². The molecule has 0 saturated carbocycles. The van der Waals surface area contributed by atoms with Gasteiger partial charge in [0.25, 0.3) is 0 Å². The fraction of sp³-hybridized carbons (Fsp3) is 1.00. The van der Waals surface area contributed by atoms with Crippen molar-refractivity contribution in [1.82, 2.24) is 0 Å². The van der Waals surface area contributed by atoms with E-state index in [1.807, 2.05) is 0 Å². The van der Waals surface area contributed by atoms with Gasteiger partial charge in [-0.25, -0.2) is 0 Å². The number of hydrogen-bond donors (Lipinski definition) is 0. The molecule has 7 heavy (non-hydrogen) atoms. The second-order valence-corrected chi connectivity index (χ2v) is 1.82. The van der Waals surface area contributed by atoms with Gasteiger partial charge in [-0.2, -0.15) is 13.1 Å². The van der Waals surface area contributed by atoms with Crippen LogP contribution in [0.5, 0.6) is 0 Å². The van der Waals surface area contributed by atoms with Crippen LogP contribution >= 0.6 is 0 Å². The van der Waals surface area contributed by atoms with E-state index in [2.05, 4.69) is 13.1 Å². The Kier molecular flexibility index (Phi) is 69.8. The van der Waals surface area contributed by atoms with Crippen LogP contribution in [0.15, 0.2) is 0 Å². The molecule has 0 aromatic rings. The van der Waals surface area contributed by atoms with E-state index in [1.165, 1.54) is 4.91 Å². The summed E-state index contributed by atoms with van der Waals surface area (Å²) in [6.45, 7) is 4.42. The van der Waals surface area contributed by atoms with Gasteiger partial charge in [0, 0.05) is 0 Å². The van der Waals surface area contributed by atoms with Crippen LogP contribution in [0.25, 0.3) is 16.0 Å². The minimum atomic E-state index is 0. The molecule has 0 unspecified atom stereocenters. The molecular formula is C2H7N3NaSi-. The van der Waals surface area contributed by atoms with Gasteiger partial charge in [0.1, 0.15) is 0 Å². The summed E-state index contributed by atoms with van der Waals surface area (Å²) in [4.78, 5) is 1.50. The summed E-state index contributed by atoms with van der Waals surface area (Å²) in [5.41, 5.74) is 13.5. The van der Waals surface area contributed by atoms with Crippen molar-refractivity contribution in [3.63, 3.8) is 0 Å². The zero-order chi connectivity index (χ0) is 5.41. The molecule has 0 fully saturated rings. The Morgan fingerprint density at radius 1 is 1.29 bits per heavy atom. The van der Waals surface area contributed by atoms with E-state index in [0.717, 1.165) is 9.52 Å². The Hall–Kier alpha value is 0.527. The van der Waals surface area contributed by atoms with Crippen LogP contribution in [0.1, 0.15) is 0 Å². The predicted octanol–water partition coefficient (Wildman–Crippen LogP) is -1.61. The van der Waals surface area contributed by atoms with Crippen LogP contribution in [0.3, 0.4) is 0 Å². The number of hydrogen-bond acceptors (Lipinski definition) is 0. The second kappa shape index (κ2) is 31.2. The fourth-order valence-electron chi connectivity index (χ4n) is 0. The van der Waals surface area contributed by atoms with Gasteiger partial charge in [-0.15, -0.1) is 0 Å². The van der Waals surface area contributed by atoms with Crippen molar-refractivity contribution >= 4 is 9.52 Å². The molecule has 0 aromatic carbocycles. The first-order valence-corrected chi connectivity index (χ1v) is 3.86. The van der Waals surface area contributed by atoms with Crippen molar-refractivity contribution in [2.75, 3.05) is 0 Å². The van der Waals surface area contributed by atoms with Crippen LogP contribution in [-0.2, 0) is 0 Å². The molecule has 0 atom stereocenters. The maximum Gasteiger partial charge on any atom is 1.00 e. The molecular weight excluding hydrogens is 117 g/mol. The third-order valence-electron chi connectivity index (χ3n) is 0. The average molecular weight is 124 g/mol. The molecule has 36 valence electrons. The minimum Gasteiger partial charge on any atom is -0.373 e. The summed E-state index contributed by atoms with van der Waals surface area (Å²) in [7, 11) is 0.750. The first-order chi connectivity index (χ1) is 2.83. The molecule has 0 rings (SSSR count). The Balaban J connectivity index is -0.0000000400. The Labute approximate surface area is 68.0 Å². The van der Waals surface area contributed by atoms with Gasteiger partial charge in [-0.3, -0.25) is 14.4 Å². The average Bonchev–Trinajstić information content (AvgIpc) is 1.39. The zero-order valence-electron chi connectivity index (χ0n) is 4.92. The molecule has 0 bridgehead atoms. The summed E-state index contributed by atoms with van der Waals surface area (Å²) in [6, 6.07) is 0. The predicted molar refractivity (Wildman–Crippen MR) is 29.0 cm³/mol. The summed E-state index contributed by atoms with van der Waals surface area (Å²) < 4.78 is 0. The smallest absolute Gasteiger partial charge is 0.373 e. The zero-order valence-corrected chi connectivity index (χ0v) is 8.07. The van der Waals surface area contributed by atoms with E-state index in [9.17, 15) is 0 Å². The third-order valence-corrected chi connectivity index (χ3v) is 0. The van der Waals surface area contributed by atoms with E-state index in [0.29, 0.717) is 0 Å². The summed E-state index contributed by atoms with van der Waals surface area (Å²) in [5, 5.41) is 0. The number of rotatable bonds is 0. The number of nitrogens with zero attached hydrogens (tertiary/aromatic N) is 3. The topological polar surface area (TPSA) is 58.7 Å². The molecule has 0 amide bonds. The van der Waals surface area contributed by atoms with E-state index in [1.54, 1.807) is 0 Å². The standard InChI is InChI=1S/C2H7Si.N3.Na/c2*1-3-2;/h3H,1-2H3;;/q2*-1;+1. The van der Waals surface area contributed by atoms with Crippen molar-refractivity contribution in [2.45, 2.75) is 13.1 Å². The molecule has 0 aliphatic heterocycles. The van der Waals surface area contributed by atoms with Crippen molar-refractivity contribution in [1.29, 1.82) is 0 Å². The van der Waals surface area contributed by atoms with Gasteiger partial charge >= 0.3 is 29.6 Å². The molecule has 0 aliphatic rings. The fourth-order valence-corrected chi connectivity index (χ4v) is 0. The summed E-state index contributed by atoms with van der Waals surface area (Å²) in [5.74, 6) is 0. The van der Waals surface area contributed by atoms with Crippen LogP contribution in [0, 0.1) is 0 Å². The molecule has 0 aromatic heterocycles. The van der Waals surface area contributed by atoms with Crippen LogP contribution in [0.2, 0.25) is 13.1 Å². The Bertz CT molecular complexity index is 42.2. The first kappa shape index (κ1) is 15.6. The van der Waals surface area contributed by atoms with E-state index in [4.69, 9.17) is 11.1 Å². The third kappa shape index (κ3) is 482. The first-order valence-electron chi connectivity index (χ1n) is 1.55. The minimum absolute atomic E-state index is 0. The van der Waals surface area contributed by atoms with Gasteiger partial charge in [0.2, 0.25) is 0 Å². The normalized spacial score (nSPS) is 3.71. The summed E-state index contributed by atoms with van der Waals surface area (Å²) in [6.07, 6.45) is 0. The Morgan fingerprint density at radius 3 is 1.29 bits per heavy atom. The monoisotopic (exact) mass is 124 g/mol. The largest absolute Gasteiger partial charge is 1.00 e. The molecule has 0 heterocycles. The summed E-state index contributed by atoms with van der Waals surface area (Å²) >= 11 is 0. The maximum atomic E-state index is 6.75.